The van der Waals surface area contributed by atoms with Crippen LogP contribution in [0.1, 0.15) is 13.3 Å². The van der Waals surface area contributed by atoms with Crippen molar-refractivity contribution in [1.29, 1.82) is 0 Å². The number of methoxy groups -OCH3 is 1. The summed E-state index contributed by atoms with van der Waals surface area (Å²) in [4.78, 5) is 25.0. The molecule has 2 saturated heterocycles. The number of nitrogens with zero attached hydrogens (tertiary/aromatic N) is 4. The number of aromatic nitrogens is 2. The number of carbonyl (C=O) groups is 1. The molecule has 3 rings (SSSR count). The van der Waals surface area contributed by atoms with Crippen molar-refractivity contribution in [2.75, 3.05) is 38.2 Å². The van der Waals surface area contributed by atoms with E-state index in [0.29, 0.717) is 31.0 Å². The molecule has 0 radical (unpaired) electrons. The largest absolute Gasteiger partial charge is 0.481 e. The van der Waals surface area contributed by atoms with E-state index in [4.69, 9.17) is 4.74 Å². The van der Waals surface area contributed by atoms with E-state index < -0.39 is 0 Å². The van der Waals surface area contributed by atoms with E-state index in [1.807, 2.05) is 4.90 Å². The highest BCUT2D eigenvalue weighted by Gasteiger charge is 2.32. The summed E-state index contributed by atoms with van der Waals surface area (Å²) >= 11 is 0. The molecule has 0 aromatic carbocycles. The van der Waals surface area contributed by atoms with Crippen LogP contribution in [0.4, 0.5) is 5.95 Å². The first-order chi connectivity index (χ1) is 10.7. The lowest BCUT2D eigenvalue weighted by atomic mass is 10.1. The Hall–Kier alpha value is -1.93. The van der Waals surface area contributed by atoms with Gasteiger partial charge < -0.3 is 14.5 Å². The van der Waals surface area contributed by atoms with Crippen molar-refractivity contribution in [1.82, 2.24) is 25.7 Å². The Morgan fingerprint density at radius 3 is 2.73 bits per heavy atom. The van der Waals surface area contributed by atoms with Gasteiger partial charge in [-0.2, -0.15) is 4.98 Å². The summed E-state index contributed by atoms with van der Waals surface area (Å²) in [5, 5.41) is 0. The predicted octanol–water partition coefficient (Wildman–Crippen LogP) is -0.611. The number of nitrogens with one attached hydrogen (secondary N) is 2. The van der Waals surface area contributed by atoms with Crippen molar-refractivity contribution in [2.45, 2.75) is 25.4 Å². The highest BCUT2D eigenvalue weighted by Crippen LogP contribution is 2.16. The summed E-state index contributed by atoms with van der Waals surface area (Å²) in [6, 6.07) is 1.94. The van der Waals surface area contributed by atoms with Crippen molar-refractivity contribution in [2.24, 2.45) is 0 Å². The van der Waals surface area contributed by atoms with E-state index >= 15 is 0 Å². The van der Waals surface area contributed by atoms with E-state index in [1.165, 1.54) is 0 Å². The normalized spacial score (nSPS) is 25.4. The van der Waals surface area contributed by atoms with Crippen molar-refractivity contribution < 1.29 is 9.53 Å². The van der Waals surface area contributed by atoms with E-state index in [1.54, 1.807) is 19.4 Å². The third-order valence-corrected chi connectivity index (χ3v) is 4.09. The van der Waals surface area contributed by atoms with Crippen molar-refractivity contribution in [3.05, 3.63) is 12.3 Å². The maximum absolute atomic E-state index is 12.4. The van der Waals surface area contributed by atoms with Gasteiger partial charge in [-0.15, -0.1) is 0 Å². The van der Waals surface area contributed by atoms with E-state index in [2.05, 4.69) is 32.6 Å². The van der Waals surface area contributed by atoms with Crippen LogP contribution in [0.25, 0.3) is 0 Å². The fourth-order valence-electron chi connectivity index (χ4n) is 2.82. The molecule has 2 fully saturated rings. The minimum Gasteiger partial charge on any atom is -0.481 e. The van der Waals surface area contributed by atoms with Crippen LogP contribution in [0.5, 0.6) is 5.88 Å². The molecule has 1 aromatic heterocycles. The van der Waals surface area contributed by atoms with Crippen LogP contribution in [-0.2, 0) is 4.79 Å². The van der Waals surface area contributed by atoms with Gasteiger partial charge in [0.25, 0.3) is 0 Å². The maximum Gasteiger partial charge on any atom is 0.241 e. The number of anilines is 1. The zero-order chi connectivity index (χ0) is 15.5. The van der Waals surface area contributed by atoms with Gasteiger partial charge in [0.05, 0.1) is 7.11 Å². The van der Waals surface area contributed by atoms with Crippen LogP contribution in [0, 0.1) is 0 Å². The second-order valence-electron chi connectivity index (χ2n) is 5.69. The van der Waals surface area contributed by atoms with Crippen LogP contribution >= 0.6 is 0 Å². The molecule has 8 nitrogen and oxygen atoms in total. The van der Waals surface area contributed by atoms with E-state index in [9.17, 15) is 4.79 Å². The molecular formula is C14H22N6O2. The second-order valence-corrected chi connectivity index (χ2v) is 5.69. The van der Waals surface area contributed by atoms with Crippen molar-refractivity contribution in [3.63, 3.8) is 0 Å². The molecule has 3 heterocycles. The number of hydrogen-bond donors (Lipinski definition) is 2. The third kappa shape index (κ3) is 3.12. The smallest absolute Gasteiger partial charge is 0.241 e. The Labute approximate surface area is 129 Å². The topological polar surface area (TPSA) is 82.6 Å². The first-order valence-electron chi connectivity index (χ1n) is 7.59. The lowest BCUT2D eigenvalue weighted by molar-refractivity contribution is -0.133. The number of ether oxygens (including phenoxy) is 1. The molecule has 2 aliphatic rings. The fraction of sp³-hybridized carbons (Fsp3) is 0.643. The highest BCUT2D eigenvalue weighted by atomic mass is 16.5. The first-order valence-corrected chi connectivity index (χ1v) is 7.59. The quantitative estimate of drug-likeness (QED) is 0.771. The molecule has 2 aliphatic heterocycles. The standard InChI is InChI=1S/C14H22N6O2/c1-10-9-11(18-17-10)13(21)19-5-7-20(8-6-19)14-15-4-3-12(16-14)22-2/h3-4,10-11,17-18H,5-9H2,1-2H3. The Morgan fingerprint density at radius 1 is 1.32 bits per heavy atom. The summed E-state index contributed by atoms with van der Waals surface area (Å²) in [7, 11) is 1.59. The molecule has 120 valence electrons. The Kier molecular flexibility index (Phi) is 4.39. The summed E-state index contributed by atoms with van der Waals surface area (Å²) in [5.41, 5.74) is 6.16. The summed E-state index contributed by atoms with van der Waals surface area (Å²) < 4.78 is 5.13. The van der Waals surface area contributed by atoms with Gasteiger partial charge in [0.1, 0.15) is 6.04 Å². The summed E-state index contributed by atoms with van der Waals surface area (Å²) in [5.74, 6) is 1.38. The van der Waals surface area contributed by atoms with Gasteiger partial charge in [-0.3, -0.25) is 10.2 Å². The molecule has 0 spiro atoms. The van der Waals surface area contributed by atoms with Gasteiger partial charge in [-0.25, -0.2) is 10.4 Å². The van der Waals surface area contributed by atoms with Gasteiger partial charge >= 0.3 is 0 Å². The average Bonchev–Trinajstić information content (AvgIpc) is 3.01. The maximum atomic E-state index is 12.4. The number of hydrogen-bond acceptors (Lipinski definition) is 7. The van der Waals surface area contributed by atoms with Gasteiger partial charge in [0.15, 0.2) is 0 Å². The van der Waals surface area contributed by atoms with E-state index in [0.717, 1.165) is 19.5 Å². The van der Waals surface area contributed by atoms with Gasteiger partial charge in [-0.1, -0.05) is 0 Å². The van der Waals surface area contributed by atoms with Crippen molar-refractivity contribution >= 4 is 11.9 Å². The molecule has 2 N–H and O–H groups in total. The highest BCUT2D eigenvalue weighted by molar-refractivity contribution is 5.82. The Bertz CT molecular complexity index is 532. The zero-order valence-corrected chi connectivity index (χ0v) is 13.0. The number of carbonyl (C=O) groups excluding carboxylic acids is 1. The third-order valence-electron chi connectivity index (χ3n) is 4.09. The van der Waals surface area contributed by atoms with Crippen LogP contribution in [0.3, 0.4) is 0 Å². The molecule has 1 aromatic rings. The molecule has 8 heteroatoms. The van der Waals surface area contributed by atoms with Gasteiger partial charge in [0, 0.05) is 44.5 Å². The minimum absolute atomic E-state index is 0.116. The monoisotopic (exact) mass is 306 g/mol. The molecule has 1 amide bonds. The van der Waals surface area contributed by atoms with Gasteiger partial charge in [0.2, 0.25) is 17.7 Å². The molecule has 0 bridgehead atoms. The summed E-state index contributed by atoms with van der Waals surface area (Å²) in [6.45, 7) is 4.90. The van der Waals surface area contributed by atoms with Gasteiger partial charge in [-0.05, 0) is 13.3 Å². The molecule has 0 saturated carbocycles. The predicted molar refractivity (Wildman–Crippen MR) is 81.5 cm³/mol. The first kappa shape index (κ1) is 15.0. The zero-order valence-electron chi connectivity index (χ0n) is 13.0. The fourth-order valence-corrected chi connectivity index (χ4v) is 2.82. The van der Waals surface area contributed by atoms with Crippen molar-refractivity contribution in [3.8, 4) is 5.88 Å². The molecule has 2 unspecified atom stereocenters. The lowest BCUT2D eigenvalue weighted by Gasteiger charge is -2.35. The number of amides is 1. The molecule has 22 heavy (non-hydrogen) atoms. The lowest BCUT2D eigenvalue weighted by Crippen LogP contribution is -2.54. The Balaban J connectivity index is 1.56. The minimum atomic E-state index is -0.116. The number of hydrazine groups is 1. The number of rotatable bonds is 3. The molecule has 2 atom stereocenters. The number of piperazine rings is 1. The molecular weight excluding hydrogens is 284 g/mol. The van der Waals surface area contributed by atoms with Crippen LogP contribution < -0.4 is 20.5 Å². The Morgan fingerprint density at radius 2 is 2.09 bits per heavy atom. The van der Waals surface area contributed by atoms with Crippen LogP contribution in [0.15, 0.2) is 12.3 Å². The van der Waals surface area contributed by atoms with Crippen LogP contribution in [-0.4, -0.2) is 66.1 Å². The summed E-state index contributed by atoms with van der Waals surface area (Å²) in [6.07, 6.45) is 2.52. The second kappa shape index (κ2) is 6.45. The average molecular weight is 306 g/mol. The SMILES string of the molecule is COc1ccnc(N2CCN(C(=O)C3CC(C)NN3)CC2)n1. The molecule has 0 aliphatic carbocycles. The van der Waals surface area contributed by atoms with E-state index in [-0.39, 0.29) is 11.9 Å². The van der Waals surface area contributed by atoms with Crippen LogP contribution in [0.2, 0.25) is 0 Å².